The molecule has 0 unspecified atom stereocenters. The molecule has 1 amide bonds. The molecule has 0 saturated carbocycles. The molecule has 4 heteroatoms. The third kappa shape index (κ3) is 3.54. The van der Waals surface area contributed by atoms with Gasteiger partial charge < -0.3 is 5.32 Å². The van der Waals surface area contributed by atoms with Gasteiger partial charge in [-0.05, 0) is 62.9 Å². The van der Waals surface area contributed by atoms with Crippen molar-refractivity contribution in [1.29, 1.82) is 0 Å². The minimum absolute atomic E-state index is 0.0690. The van der Waals surface area contributed by atoms with Crippen LogP contribution in [-0.2, 0) is 0 Å². The van der Waals surface area contributed by atoms with E-state index in [-0.39, 0.29) is 5.91 Å². The Bertz CT molecular complexity index is 502. The Hall–Kier alpha value is -0.870. The van der Waals surface area contributed by atoms with Crippen LogP contribution in [0.25, 0.3) is 0 Å². The summed E-state index contributed by atoms with van der Waals surface area (Å²) in [5.74, 6) is 0.0690. The van der Waals surface area contributed by atoms with Crippen LogP contribution in [0.3, 0.4) is 0 Å². The predicted molar refractivity (Wildman–Crippen MR) is 93.1 cm³/mol. The molecule has 120 valence electrons. The summed E-state index contributed by atoms with van der Waals surface area (Å²) < 4.78 is 1.01. The molecule has 0 aliphatic carbocycles. The molecule has 0 radical (unpaired) electrons. The first kappa shape index (κ1) is 16.0. The highest BCUT2D eigenvalue weighted by molar-refractivity contribution is 9.10. The zero-order valence-corrected chi connectivity index (χ0v) is 14.8. The van der Waals surface area contributed by atoms with E-state index in [1.54, 1.807) is 0 Å². The van der Waals surface area contributed by atoms with Crippen molar-refractivity contribution in [3.05, 3.63) is 34.3 Å². The summed E-state index contributed by atoms with van der Waals surface area (Å²) in [6.45, 7) is 3.47. The normalized spacial score (nSPS) is 28.4. The maximum atomic E-state index is 12.4. The van der Waals surface area contributed by atoms with Crippen molar-refractivity contribution in [3.63, 3.8) is 0 Å². The van der Waals surface area contributed by atoms with Crippen molar-refractivity contribution < 1.29 is 4.79 Å². The van der Waals surface area contributed by atoms with Crippen LogP contribution in [0.1, 0.15) is 55.8 Å². The first-order valence-corrected chi connectivity index (χ1v) is 9.29. The Morgan fingerprint density at radius 3 is 2.45 bits per heavy atom. The van der Waals surface area contributed by atoms with Gasteiger partial charge in [-0.2, -0.15) is 0 Å². The molecule has 1 N–H and O–H groups in total. The molecule has 2 aliphatic rings. The molecule has 2 bridgehead atoms. The first-order valence-electron chi connectivity index (χ1n) is 8.49. The number of rotatable bonds is 4. The third-order valence-corrected chi connectivity index (χ3v) is 5.58. The topological polar surface area (TPSA) is 32.3 Å². The van der Waals surface area contributed by atoms with Crippen LogP contribution in [0.4, 0.5) is 0 Å². The number of benzene rings is 1. The molecule has 0 aromatic heterocycles. The van der Waals surface area contributed by atoms with Gasteiger partial charge in [-0.15, -0.1) is 0 Å². The lowest BCUT2D eigenvalue weighted by atomic mass is 9.81. The molecule has 2 saturated heterocycles. The molecule has 1 aromatic rings. The standard InChI is InChI=1S/C18H25BrN2O/c1-2-10-21-16-4-3-5-17(21)12-15(11-16)20-18(22)13-6-8-14(19)9-7-13/h6-9,15-17H,2-5,10-12H2,1H3,(H,20,22)/t16-,17-/m1/s1. The van der Waals surface area contributed by atoms with Crippen molar-refractivity contribution in [2.24, 2.45) is 0 Å². The number of hydrogen-bond acceptors (Lipinski definition) is 2. The van der Waals surface area contributed by atoms with Crippen LogP contribution < -0.4 is 5.32 Å². The second kappa shape index (κ2) is 7.14. The van der Waals surface area contributed by atoms with E-state index in [2.05, 4.69) is 33.1 Å². The lowest BCUT2D eigenvalue weighted by Crippen LogP contribution is -2.57. The van der Waals surface area contributed by atoms with Gasteiger partial charge in [-0.1, -0.05) is 29.3 Å². The van der Waals surface area contributed by atoms with E-state index in [0.717, 1.165) is 22.9 Å². The zero-order chi connectivity index (χ0) is 15.5. The number of halogens is 1. The molecular formula is C18H25BrN2O. The van der Waals surface area contributed by atoms with Crippen LogP contribution in [0.2, 0.25) is 0 Å². The molecule has 2 heterocycles. The fourth-order valence-electron chi connectivity index (χ4n) is 4.09. The van der Waals surface area contributed by atoms with Gasteiger partial charge in [0.1, 0.15) is 0 Å². The summed E-state index contributed by atoms with van der Waals surface area (Å²) in [7, 11) is 0. The molecule has 2 atom stereocenters. The van der Waals surface area contributed by atoms with Gasteiger partial charge in [-0.25, -0.2) is 0 Å². The van der Waals surface area contributed by atoms with E-state index >= 15 is 0 Å². The Kier molecular flexibility index (Phi) is 5.19. The maximum Gasteiger partial charge on any atom is 0.251 e. The maximum absolute atomic E-state index is 12.4. The summed E-state index contributed by atoms with van der Waals surface area (Å²) in [6, 6.07) is 9.28. The number of piperidine rings is 2. The molecule has 2 fully saturated rings. The second-order valence-corrected chi connectivity index (χ2v) is 7.54. The van der Waals surface area contributed by atoms with Crippen molar-refractivity contribution in [3.8, 4) is 0 Å². The molecule has 0 spiro atoms. The average Bonchev–Trinajstić information content (AvgIpc) is 2.49. The van der Waals surface area contributed by atoms with E-state index in [1.165, 1.54) is 32.2 Å². The molecule has 3 rings (SSSR count). The highest BCUT2D eigenvalue weighted by Gasteiger charge is 2.38. The number of amides is 1. The van der Waals surface area contributed by atoms with E-state index in [0.29, 0.717) is 18.1 Å². The van der Waals surface area contributed by atoms with Crippen LogP contribution in [-0.4, -0.2) is 35.5 Å². The summed E-state index contributed by atoms with van der Waals surface area (Å²) >= 11 is 3.41. The lowest BCUT2D eigenvalue weighted by molar-refractivity contribution is 0.0245. The van der Waals surface area contributed by atoms with Gasteiger partial charge >= 0.3 is 0 Å². The predicted octanol–water partition coefficient (Wildman–Crippen LogP) is 3.97. The Labute approximate surface area is 141 Å². The number of nitrogens with zero attached hydrogens (tertiary/aromatic N) is 1. The van der Waals surface area contributed by atoms with Crippen LogP contribution >= 0.6 is 15.9 Å². The smallest absolute Gasteiger partial charge is 0.251 e. The van der Waals surface area contributed by atoms with Gasteiger partial charge in [0.2, 0.25) is 0 Å². The summed E-state index contributed by atoms with van der Waals surface area (Å²) in [6.07, 6.45) is 7.38. The Balaban J connectivity index is 1.62. The molecule has 22 heavy (non-hydrogen) atoms. The van der Waals surface area contributed by atoms with Crippen LogP contribution in [0.15, 0.2) is 28.7 Å². The lowest BCUT2D eigenvalue weighted by Gasteiger charge is -2.49. The summed E-state index contributed by atoms with van der Waals surface area (Å²) in [4.78, 5) is 15.1. The molecular weight excluding hydrogens is 340 g/mol. The number of carbonyl (C=O) groups is 1. The van der Waals surface area contributed by atoms with Crippen molar-refractivity contribution in [2.45, 2.75) is 63.6 Å². The fraction of sp³-hybridized carbons (Fsp3) is 0.611. The third-order valence-electron chi connectivity index (χ3n) is 5.05. The Morgan fingerprint density at radius 1 is 1.23 bits per heavy atom. The first-order chi connectivity index (χ1) is 10.7. The zero-order valence-electron chi connectivity index (χ0n) is 13.2. The van der Waals surface area contributed by atoms with Gasteiger partial charge in [-0.3, -0.25) is 9.69 Å². The Morgan fingerprint density at radius 2 is 1.86 bits per heavy atom. The largest absolute Gasteiger partial charge is 0.349 e. The minimum atomic E-state index is 0.0690. The molecule has 3 nitrogen and oxygen atoms in total. The highest BCUT2D eigenvalue weighted by Crippen LogP contribution is 2.34. The van der Waals surface area contributed by atoms with E-state index in [4.69, 9.17) is 0 Å². The minimum Gasteiger partial charge on any atom is -0.349 e. The number of carbonyl (C=O) groups excluding carboxylic acids is 1. The number of hydrogen-bond donors (Lipinski definition) is 1. The summed E-state index contributed by atoms with van der Waals surface area (Å²) in [5, 5.41) is 3.26. The molecule has 1 aromatic carbocycles. The average molecular weight is 365 g/mol. The highest BCUT2D eigenvalue weighted by atomic mass is 79.9. The van der Waals surface area contributed by atoms with E-state index < -0.39 is 0 Å². The van der Waals surface area contributed by atoms with Crippen molar-refractivity contribution in [2.75, 3.05) is 6.54 Å². The van der Waals surface area contributed by atoms with E-state index in [9.17, 15) is 4.79 Å². The quantitative estimate of drug-likeness (QED) is 0.876. The number of nitrogens with one attached hydrogen (secondary N) is 1. The van der Waals surface area contributed by atoms with Gasteiger partial charge in [0.15, 0.2) is 0 Å². The monoisotopic (exact) mass is 364 g/mol. The SMILES string of the molecule is CCCN1[C@@H]2CCC[C@@H]1CC(NC(=O)c1ccc(Br)cc1)C2. The van der Waals surface area contributed by atoms with Gasteiger partial charge in [0.25, 0.3) is 5.91 Å². The second-order valence-electron chi connectivity index (χ2n) is 6.63. The van der Waals surface area contributed by atoms with E-state index in [1.807, 2.05) is 24.3 Å². The van der Waals surface area contributed by atoms with Crippen molar-refractivity contribution >= 4 is 21.8 Å². The van der Waals surface area contributed by atoms with Crippen molar-refractivity contribution in [1.82, 2.24) is 10.2 Å². The van der Waals surface area contributed by atoms with Crippen LogP contribution in [0, 0.1) is 0 Å². The molecule has 2 aliphatic heterocycles. The fourth-order valence-corrected chi connectivity index (χ4v) is 4.35. The summed E-state index contributed by atoms with van der Waals surface area (Å²) in [5.41, 5.74) is 0.754. The van der Waals surface area contributed by atoms with Gasteiger partial charge in [0, 0.05) is 28.2 Å². The van der Waals surface area contributed by atoms with Crippen LogP contribution in [0.5, 0.6) is 0 Å². The number of fused-ring (bicyclic) bond motifs is 2. The van der Waals surface area contributed by atoms with Gasteiger partial charge in [0.05, 0.1) is 0 Å².